The van der Waals surface area contributed by atoms with Crippen LogP contribution in [0.1, 0.15) is 31.7 Å². The summed E-state index contributed by atoms with van der Waals surface area (Å²) < 4.78 is 0. The zero-order valence-corrected chi connectivity index (χ0v) is 10.8. The third-order valence-electron chi connectivity index (χ3n) is 3.29. The van der Waals surface area contributed by atoms with Crippen molar-refractivity contribution in [1.29, 1.82) is 0 Å². The van der Waals surface area contributed by atoms with E-state index in [0.29, 0.717) is 6.04 Å². The van der Waals surface area contributed by atoms with Crippen LogP contribution in [0.5, 0.6) is 0 Å². The number of amides is 1. The van der Waals surface area contributed by atoms with Crippen molar-refractivity contribution in [3.05, 3.63) is 35.9 Å². The number of benzene rings is 1. The zero-order chi connectivity index (χ0) is 11.6. The molecule has 0 saturated heterocycles. The molecule has 3 nitrogen and oxygen atoms in total. The number of halogens is 1. The highest BCUT2D eigenvalue weighted by Gasteiger charge is 2.32. The Morgan fingerprint density at radius 2 is 1.94 bits per heavy atom. The molecule has 0 radical (unpaired) electrons. The second-order valence-corrected chi connectivity index (χ2v) is 4.67. The lowest BCUT2D eigenvalue weighted by Gasteiger charge is -2.31. The molecular weight excluding hydrogens is 236 g/mol. The molecule has 3 N–H and O–H groups in total. The summed E-state index contributed by atoms with van der Waals surface area (Å²) in [6.45, 7) is 1.76. The Hall–Kier alpha value is -1.06. The van der Waals surface area contributed by atoms with Gasteiger partial charge < -0.3 is 11.1 Å². The monoisotopic (exact) mass is 254 g/mol. The van der Waals surface area contributed by atoms with Crippen LogP contribution >= 0.6 is 12.4 Å². The van der Waals surface area contributed by atoms with E-state index in [9.17, 15) is 4.79 Å². The van der Waals surface area contributed by atoms with Gasteiger partial charge in [0.1, 0.15) is 5.54 Å². The molecule has 1 aromatic carbocycles. The Kier molecular flexibility index (Phi) is 4.54. The molecule has 0 bridgehead atoms. The highest BCUT2D eigenvalue weighted by Crippen LogP contribution is 2.22. The SMILES string of the molecule is CC(N)(C(=O)NC1CCC1)c1ccccc1.Cl. The Balaban J connectivity index is 0.00000144. The summed E-state index contributed by atoms with van der Waals surface area (Å²) in [6.07, 6.45) is 3.37. The molecule has 0 heterocycles. The van der Waals surface area contributed by atoms with E-state index in [2.05, 4.69) is 5.32 Å². The van der Waals surface area contributed by atoms with Crippen LogP contribution in [0.4, 0.5) is 0 Å². The first kappa shape index (κ1) is 14.0. The van der Waals surface area contributed by atoms with Gasteiger partial charge in [0.05, 0.1) is 0 Å². The van der Waals surface area contributed by atoms with Gasteiger partial charge in [0, 0.05) is 6.04 Å². The van der Waals surface area contributed by atoms with Gasteiger partial charge in [-0.25, -0.2) is 0 Å². The summed E-state index contributed by atoms with van der Waals surface area (Å²) in [7, 11) is 0. The third-order valence-corrected chi connectivity index (χ3v) is 3.29. The fraction of sp³-hybridized carbons (Fsp3) is 0.462. The molecule has 1 atom stereocenters. The van der Waals surface area contributed by atoms with Crippen molar-refractivity contribution in [1.82, 2.24) is 5.32 Å². The molecule has 2 rings (SSSR count). The topological polar surface area (TPSA) is 55.1 Å². The predicted molar refractivity (Wildman–Crippen MR) is 71.0 cm³/mol. The van der Waals surface area contributed by atoms with Crippen LogP contribution in [-0.2, 0) is 10.3 Å². The predicted octanol–water partition coefficient (Wildman–Crippen LogP) is 1.95. The number of nitrogens with one attached hydrogen (secondary N) is 1. The Morgan fingerprint density at radius 1 is 1.35 bits per heavy atom. The molecular formula is C13H19ClN2O. The molecule has 1 aliphatic rings. The summed E-state index contributed by atoms with van der Waals surface area (Å²) in [5.41, 5.74) is 6.02. The van der Waals surface area contributed by atoms with Crippen molar-refractivity contribution in [3.8, 4) is 0 Å². The maximum atomic E-state index is 12.0. The summed E-state index contributed by atoms with van der Waals surface area (Å²) >= 11 is 0. The van der Waals surface area contributed by atoms with Crippen LogP contribution in [-0.4, -0.2) is 11.9 Å². The average molecular weight is 255 g/mol. The summed E-state index contributed by atoms with van der Waals surface area (Å²) in [6, 6.07) is 9.83. The fourth-order valence-corrected chi connectivity index (χ4v) is 1.80. The molecule has 1 aromatic rings. The van der Waals surface area contributed by atoms with Gasteiger partial charge in [0.2, 0.25) is 5.91 Å². The fourth-order valence-electron chi connectivity index (χ4n) is 1.80. The molecule has 1 saturated carbocycles. The molecule has 1 unspecified atom stereocenters. The van der Waals surface area contributed by atoms with Crippen LogP contribution < -0.4 is 11.1 Å². The van der Waals surface area contributed by atoms with Gasteiger partial charge >= 0.3 is 0 Å². The van der Waals surface area contributed by atoms with Crippen LogP contribution in [0.25, 0.3) is 0 Å². The first-order valence-corrected chi connectivity index (χ1v) is 5.76. The van der Waals surface area contributed by atoms with Gasteiger partial charge in [0.25, 0.3) is 0 Å². The molecule has 0 aliphatic heterocycles. The van der Waals surface area contributed by atoms with Crippen molar-refractivity contribution in [3.63, 3.8) is 0 Å². The minimum absolute atomic E-state index is 0. The highest BCUT2D eigenvalue weighted by molar-refractivity contribution is 5.87. The van der Waals surface area contributed by atoms with E-state index in [0.717, 1.165) is 18.4 Å². The molecule has 17 heavy (non-hydrogen) atoms. The van der Waals surface area contributed by atoms with Gasteiger partial charge in [-0.2, -0.15) is 0 Å². The summed E-state index contributed by atoms with van der Waals surface area (Å²) in [4.78, 5) is 12.0. The minimum Gasteiger partial charge on any atom is -0.351 e. The van der Waals surface area contributed by atoms with Crippen molar-refractivity contribution >= 4 is 18.3 Å². The van der Waals surface area contributed by atoms with E-state index in [-0.39, 0.29) is 18.3 Å². The van der Waals surface area contributed by atoms with Gasteiger partial charge in [-0.05, 0) is 31.7 Å². The van der Waals surface area contributed by atoms with E-state index in [4.69, 9.17) is 5.73 Å². The number of hydrogen-bond donors (Lipinski definition) is 2. The molecule has 1 amide bonds. The standard InChI is InChI=1S/C13H18N2O.ClH/c1-13(14,10-6-3-2-4-7-10)12(16)15-11-8-5-9-11;/h2-4,6-7,11H,5,8-9,14H2,1H3,(H,15,16);1H. The molecule has 0 aromatic heterocycles. The van der Waals surface area contributed by atoms with Crippen molar-refractivity contribution in [2.75, 3.05) is 0 Å². The number of rotatable bonds is 3. The van der Waals surface area contributed by atoms with Crippen LogP contribution in [0, 0.1) is 0 Å². The van der Waals surface area contributed by atoms with E-state index < -0.39 is 5.54 Å². The minimum atomic E-state index is -0.934. The van der Waals surface area contributed by atoms with Crippen LogP contribution in [0.3, 0.4) is 0 Å². The van der Waals surface area contributed by atoms with Crippen LogP contribution in [0.2, 0.25) is 0 Å². The van der Waals surface area contributed by atoms with E-state index in [1.165, 1.54) is 6.42 Å². The molecule has 0 spiro atoms. The number of carbonyl (C=O) groups excluding carboxylic acids is 1. The number of hydrogen-bond acceptors (Lipinski definition) is 2. The largest absolute Gasteiger partial charge is 0.351 e. The van der Waals surface area contributed by atoms with Gasteiger partial charge in [0.15, 0.2) is 0 Å². The Bertz CT molecular complexity index is 374. The third kappa shape index (κ3) is 2.99. The Labute approximate surface area is 108 Å². The van der Waals surface area contributed by atoms with Gasteiger partial charge in [-0.15, -0.1) is 12.4 Å². The smallest absolute Gasteiger partial charge is 0.244 e. The van der Waals surface area contributed by atoms with Crippen molar-refractivity contribution in [2.24, 2.45) is 5.73 Å². The normalized spacial score (nSPS) is 18.5. The average Bonchev–Trinajstić information content (AvgIpc) is 2.24. The van der Waals surface area contributed by atoms with Crippen LogP contribution in [0.15, 0.2) is 30.3 Å². The molecule has 1 aliphatic carbocycles. The van der Waals surface area contributed by atoms with E-state index in [1.54, 1.807) is 6.92 Å². The Morgan fingerprint density at radius 3 is 2.41 bits per heavy atom. The second kappa shape index (κ2) is 5.52. The lowest BCUT2D eigenvalue weighted by atomic mass is 9.89. The highest BCUT2D eigenvalue weighted by atomic mass is 35.5. The maximum Gasteiger partial charge on any atom is 0.244 e. The quantitative estimate of drug-likeness (QED) is 0.866. The van der Waals surface area contributed by atoms with Gasteiger partial charge in [-0.1, -0.05) is 30.3 Å². The molecule has 1 fully saturated rings. The van der Waals surface area contributed by atoms with Crippen molar-refractivity contribution in [2.45, 2.75) is 37.8 Å². The summed E-state index contributed by atoms with van der Waals surface area (Å²) in [5.74, 6) is -0.0802. The number of nitrogens with two attached hydrogens (primary N) is 1. The second-order valence-electron chi connectivity index (χ2n) is 4.67. The first-order chi connectivity index (χ1) is 7.60. The van der Waals surface area contributed by atoms with Crippen molar-refractivity contribution < 1.29 is 4.79 Å². The van der Waals surface area contributed by atoms with E-state index >= 15 is 0 Å². The zero-order valence-electron chi connectivity index (χ0n) is 9.98. The maximum absolute atomic E-state index is 12.0. The van der Waals surface area contributed by atoms with E-state index in [1.807, 2.05) is 30.3 Å². The number of carbonyl (C=O) groups is 1. The summed E-state index contributed by atoms with van der Waals surface area (Å²) in [5, 5.41) is 2.99. The first-order valence-electron chi connectivity index (χ1n) is 5.76. The van der Waals surface area contributed by atoms with Gasteiger partial charge in [-0.3, -0.25) is 4.79 Å². The lowest BCUT2D eigenvalue weighted by Crippen LogP contribution is -2.53. The lowest BCUT2D eigenvalue weighted by molar-refractivity contribution is -0.127. The molecule has 94 valence electrons. The molecule has 4 heteroatoms.